The summed E-state index contributed by atoms with van der Waals surface area (Å²) in [7, 11) is -4.02. The minimum atomic E-state index is -4.02. The molecule has 0 bridgehead atoms. The zero-order valence-electron chi connectivity index (χ0n) is 18.8. The Morgan fingerprint density at radius 1 is 0.643 bits per heavy atom. The molecule has 1 atom stereocenters. The summed E-state index contributed by atoms with van der Waals surface area (Å²) in [5.41, 5.74) is 0. The molecule has 0 aliphatic heterocycles. The van der Waals surface area contributed by atoms with Gasteiger partial charge in [0.25, 0.3) is 0 Å². The topological polar surface area (TPSA) is 77.4 Å². The maximum Gasteiger partial charge on any atom is 1.00 e. The Labute approximate surface area is 218 Å². The Morgan fingerprint density at radius 3 is 1.32 bits per heavy atom. The van der Waals surface area contributed by atoms with Gasteiger partial charge < -0.3 is 9.66 Å². The van der Waals surface area contributed by atoms with Gasteiger partial charge in [-0.2, -0.15) is 0 Å². The second-order valence-corrected chi connectivity index (χ2v) is 9.67. The van der Waals surface area contributed by atoms with Gasteiger partial charge in [0.15, 0.2) is 0 Å². The molecule has 0 radical (unpaired) electrons. The van der Waals surface area contributed by atoms with Crippen LogP contribution in [-0.2, 0) is 10.1 Å². The van der Waals surface area contributed by atoms with Crippen LogP contribution >= 0.6 is 0 Å². The van der Waals surface area contributed by atoms with Crippen LogP contribution in [0.1, 0.15) is 129 Å². The van der Waals surface area contributed by atoms with Crippen molar-refractivity contribution < 1.29 is 69.5 Å². The molecule has 164 valence electrons. The van der Waals surface area contributed by atoms with Gasteiger partial charge in [-0.25, -0.2) is 8.42 Å². The molecule has 0 saturated carbocycles. The van der Waals surface area contributed by atoms with Crippen LogP contribution in [0, 0.1) is 0 Å². The zero-order valence-corrected chi connectivity index (χ0v) is 22.7. The predicted octanol–water partition coefficient (Wildman–Crippen LogP) is 3.33. The van der Waals surface area contributed by atoms with Crippen LogP contribution in [-0.4, -0.2) is 29.9 Å². The molecular formula is C22H45KO4S. The third kappa shape index (κ3) is 27.5. The molecule has 0 fully saturated rings. The minimum absolute atomic E-state index is 0. The standard InChI is InChI=1S/C22H46O4S.K/c1-2-3-4-13-16-19-22(23)20-17-14-11-9-7-5-6-8-10-12-15-18-21-27(24,25)26;/h22-23H,2-21H2,1H3,(H,24,25,26);/q;+1/p-1. The fraction of sp³-hybridized carbons (Fsp3) is 1.00. The molecule has 1 unspecified atom stereocenters. The first-order valence-corrected chi connectivity index (χ1v) is 13.1. The van der Waals surface area contributed by atoms with Crippen molar-refractivity contribution in [2.24, 2.45) is 0 Å². The number of rotatable bonds is 21. The van der Waals surface area contributed by atoms with E-state index in [0.29, 0.717) is 6.42 Å². The van der Waals surface area contributed by atoms with Crippen molar-refractivity contribution in [3.05, 3.63) is 0 Å². The SMILES string of the molecule is CCCCCCCC(O)CCCCCCCCCCCCCCS(=O)(=O)[O-].[K+]. The molecule has 0 aromatic heterocycles. The molecule has 0 heterocycles. The van der Waals surface area contributed by atoms with Gasteiger partial charge in [0.2, 0.25) is 0 Å². The molecule has 0 aliphatic carbocycles. The fourth-order valence-corrected chi connectivity index (χ4v) is 4.11. The fourth-order valence-electron chi connectivity index (χ4n) is 3.55. The molecular weight excluding hydrogens is 399 g/mol. The van der Waals surface area contributed by atoms with E-state index in [1.807, 2.05) is 0 Å². The van der Waals surface area contributed by atoms with E-state index >= 15 is 0 Å². The average molecular weight is 445 g/mol. The van der Waals surface area contributed by atoms with Gasteiger partial charge in [-0.05, 0) is 19.3 Å². The van der Waals surface area contributed by atoms with E-state index in [1.165, 1.54) is 77.0 Å². The van der Waals surface area contributed by atoms with Gasteiger partial charge in [-0.15, -0.1) is 0 Å². The Bertz CT molecular complexity index is 401. The number of hydrogen-bond acceptors (Lipinski definition) is 4. The predicted molar refractivity (Wildman–Crippen MR) is 114 cm³/mol. The smallest absolute Gasteiger partial charge is 0.748 e. The van der Waals surface area contributed by atoms with Crippen molar-refractivity contribution >= 4 is 10.1 Å². The van der Waals surface area contributed by atoms with Crippen LogP contribution in [0.15, 0.2) is 0 Å². The molecule has 1 N–H and O–H groups in total. The maximum absolute atomic E-state index is 10.5. The molecule has 28 heavy (non-hydrogen) atoms. The van der Waals surface area contributed by atoms with Crippen molar-refractivity contribution in [3.63, 3.8) is 0 Å². The Hall–Kier alpha value is 1.51. The van der Waals surface area contributed by atoms with Gasteiger partial charge >= 0.3 is 51.4 Å². The molecule has 0 spiro atoms. The molecule has 0 rings (SSSR count). The summed E-state index contributed by atoms with van der Waals surface area (Å²) in [6, 6.07) is 0. The largest absolute Gasteiger partial charge is 1.00 e. The summed E-state index contributed by atoms with van der Waals surface area (Å²) in [6.45, 7) is 2.23. The van der Waals surface area contributed by atoms with Crippen molar-refractivity contribution in [1.82, 2.24) is 0 Å². The van der Waals surface area contributed by atoms with Crippen LogP contribution < -0.4 is 51.4 Å². The van der Waals surface area contributed by atoms with E-state index in [-0.39, 0.29) is 63.2 Å². The number of aliphatic hydroxyl groups excluding tert-OH is 1. The summed E-state index contributed by atoms with van der Waals surface area (Å²) in [4.78, 5) is 0. The molecule has 0 amide bonds. The van der Waals surface area contributed by atoms with Gasteiger partial charge in [-0.3, -0.25) is 0 Å². The van der Waals surface area contributed by atoms with E-state index in [9.17, 15) is 18.1 Å². The van der Waals surface area contributed by atoms with Gasteiger partial charge in [0, 0.05) is 5.75 Å². The second-order valence-electron chi connectivity index (χ2n) is 8.15. The van der Waals surface area contributed by atoms with Gasteiger partial charge in [0.05, 0.1) is 16.2 Å². The van der Waals surface area contributed by atoms with Crippen LogP contribution in [0.25, 0.3) is 0 Å². The first kappa shape index (κ1) is 31.7. The Morgan fingerprint density at radius 2 is 0.964 bits per heavy atom. The molecule has 6 heteroatoms. The zero-order chi connectivity index (χ0) is 20.2. The second kappa shape index (κ2) is 23.2. The van der Waals surface area contributed by atoms with Crippen LogP contribution in [0.2, 0.25) is 0 Å². The van der Waals surface area contributed by atoms with E-state index in [1.54, 1.807) is 0 Å². The van der Waals surface area contributed by atoms with Crippen molar-refractivity contribution in [3.8, 4) is 0 Å². The third-order valence-electron chi connectivity index (χ3n) is 5.32. The molecule has 0 aromatic rings. The van der Waals surface area contributed by atoms with Gasteiger partial charge in [-0.1, -0.05) is 110 Å². The van der Waals surface area contributed by atoms with E-state index < -0.39 is 10.1 Å². The van der Waals surface area contributed by atoms with E-state index in [0.717, 1.165) is 38.5 Å². The number of unbranched alkanes of at least 4 members (excludes halogenated alkanes) is 15. The summed E-state index contributed by atoms with van der Waals surface area (Å²) >= 11 is 0. The summed E-state index contributed by atoms with van der Waals surface area (Å²) < 4.78 is 31.4. The normalized spacial score (nSPS) is 12.7. The first-order valence-electron chi connectivity index (χ1n) is 11.6. The summed E-state index contributed by atoms with van der Waals surface area (Å²) in [5.74, 6) is -0.205. The maximum atomic E-state index is 10.5. The monoisotopic (exact) mass is 444 g/mol. The van der Waals surface area contributed by atoms with E-state index in [4.69, 9.17) is 0 Å². The van der Waals surface area contributed by atoms with Gasteiger partial charge in [0.1, 0.15) is 0 Å². The quantitative estimate of drug-likeness (QED) is 0.167. The van der Waals surface area contributed by atoms with E-state index in [2.05, 4.69) is 6.92 Å². The van der Waals surface area contributed by atoms with Crippen molar-refractivity contribution in [1.29, 1.82) is 0 Å². The molecule has 0 aliphatic rings. The minimum Gasteiger partial charge on any atom is -0.748 e. The van der Waals surface area contributed by atoms with Crippen LogP contribution in [0.5, 0.6) is 0 Å². The van der Waals surface area contributed by atoms with Crippen molar-refractivity contribution in [2.75, 3.05) is 5.75 Å². The molecule has 0 saturated heterocycles. The third-order valence-corrected chi connectivity index (χ3v) is 6.11. The molecule has 0 aromatic carbocycles. The van der Waals surface area contributed by atoms with Crippen LogP contribution in [0.4, 0.5) is 0 Å². The van der Waals surface area contributed by atoms with Crippen molar-refractivity contribution in [2.45, 2.75) is 135 Å². The summed E-state index contributed by atoms with van der Waals surface area (Å²) in [6.07, 6.45) is 21.8. The Balaban J connectivity index is 0. The first-order chi connectivity index (χ1) is 13.0. The number of aliphatic hydroxyl groups is 1. The molecule has 4 nitrogen and oxygen atoms in total. The summed E-state index contributed by atoms with van der Waals surface area (Å²) in [5, 5.41) is 9.98. The van der Waals surface area contributed by atoms with Crippen LogP contribution in [0.3, 0.4) is 0 Å². The average Bonchev–Trinajstić information content (AvgIpc) is 2.61. The number of hydrogen-bond donors (Lipinski definition) is 1. The Kier molecular flexibility index (Phi) is 26.2.